The van der Waals surface area contributed by atoms with Gasteiger partial charge in [-0.15, -0.1) is 5.10 Å². The lowest BCUT2D eigenvalue weighted by atomic mass is 9.95. The predicted octanol–water partition coefficient (Wildman–Crippen LogP) is 2.85. The van der Waals surface area contributed by atoms with Crippen molar-refractivity contribution < 1.29 is 0 Å². The van der Waals surface area contributed by atoms with Crippen molar-refractivity contribution in [2.45, 2.75) is 13.3 Å². The summed E-state index contributed by atoms with van der Waals surface area (Å²) in [4.78, 5) is 2.41. The van der Waals surface area contributed by atoms with Gasteiger partial charge < -0.3 is 16.0 Å². The fraction of sp³-hybridized carbons (Fsp3) is 0.300. The number of fused-ring (bicyclic) bond motifs is 1. The van der Waals surface area contributed by atoms with Gasteiger partial charge in [-0.2, -0.15) is 5.10 Å². The molecular weight excluding hydrogens is 310 g/mol. The topological polar surface area (TPSA) is 67.1 Å². The summed E-state index contributed by atoms with van der Waals surface area (Å²) in [6.07, 6.45) is 0.830. The number of aromatic nitrogens is 2. The van der Waals surface area contributed by atoms with Gasteiger partial charge in [0.15, 0.2) is 5.82 Å². The number of nitrogens with zero attached hydrogens (tertiary/aromatic N) is 3. The maximum atomic E-state index is 6.22. The van der Waals surface area contributed by atoms with Crippen LogP contribution in [0.15, 0.2) is 42.5 Å². The van der Waals surface area contributed by atoms with Gasteiger partial charge in [0.25, 0.3) is 0 Å². The van der Waals surface area contributed by atoms with Crippen LogP contribution in [0.25, 0.3) is 21.9 Å². The van der Waals surface area contributed by atoms with Crippen LogP contribution in [0.4, 0.5) is 11.5 Å². The molecule has 25 heavy (non-hydrogen) atoms. The lowest BCUT2D eigenvalue weighted by molar-refractivity contribution is 0.589. The van der Waals surface area contributed by atoms with Gasteiger partial charge >= 0.3 is 0 Å². The molecule has 0 atom stereocenters. The number of piperazine rings is 1. The largest absolute Gasteiger partial charge is 0.382 e. The molecule has 3 aromatic rings. The second-order valence-corrected chi connectivity index (χ2v) is 6.40. The number of nitrogens with one attached hydrogen (secondary N) is 1. The molecule has 1 aromatic heterocycles. The number of benzene rings is 2. The lowest BCUT2D eigenvalue weighted by Crippen LogP contribution is -2.43. The van der Waals surface area contributed by atoms with Crippen LogP contribution in [-0.2, 0) is 6.42 Å². The number of hydrogen-bond donors (Lipinski definition) is 2. The Morgan fingerprint density at radius 2 is 1.84 bits per heavy atom. The highest BCUT2D eigenvalue weighted by atomic mass is 15.2. The van der Waals surface area contributed by atoms with E-state index in [4.69, 9.17) is 5.73 Å². The number of nitrogen functional groups attached to an aromatic ring is 1. The molecule has 1 fully saturated rings. The first kappa shape index (κ1) is 15.8. The Labute approximate surface area is 147 Å². The summed E-state index contributed by atoms with van der Waals surface area (Å²) < 4.78 is 0. The number of aryl methyl sites for hydroxylation is 1. The van der Waals surface area contributed by atoms with E-state index in [1.165, 1.54) is 16.8 Å². The molecule has 0 aliphatic carbocycles. The fourth-order valence-corrected chi connectivity index (χ4v) is 3.56. The molecule has 3 N–H and O–H groups in total. The van der Waals surface area contributed by atoms with Crippen LogP contribution in [-0.4, -0.2) is 36.4 Å². The molecule has 5 nitrogen and oxygen atoms in total. The van der Waals surface area contributed by atoms with E-state index >= 15 is 0 Å². The van der Waals surface area contributed by atoms with Gasteiger partial charge in [0.1, 0.15) is 0 Å². The van der Waals surface area contributed by atoms with Crippen LogP contribution >= 0.6 is 0 Å². The van der Waals surface area contributed by atoms with Gasteiger partial charge in [-0.3, -0.25) is 0 Å². The molecule has 4 rings (SSSR count). The van der Waals surface area contributed by atoms with Crippen LogP contribution in [0.1, 0.15) is 12.6 Å². The van der Waals surface area contributed by atoms with Crippen molar-refractivity contribution in [1.82, 2.24) is 15.5 Å². The van der Waals surface area contributed by atoms with Gasteiger partial charge in [-0.25, -0.2) is 0 Å². The monoisotopic (exact) mass is 333 g/mol. The van der Waals surface area contributed by atoms with Crippen molar-refractivity contribution in [1.29, 1.82) is 0 Å². The number of anilines is 2. The summed E-state index contributed by atoms with van der Waals surface area (Å²) in [7, 11) is 0. The van der Waals surface area contributed by atoms with E-state index < -0.39 is 0 Å². The molecule has 0 spiro atoms. The minimum Gasteiger partial charge on any atom is -0.382 e. The van der Waals surface area contributed by atoms with E-state index in [2.05, 4.69) is 63.7 Å². The molecule has 1 aliphatic heterocycles. The minimum absolute atomic E-state index is 0.501. The highest BCUT2D eigenvalue weighted by molar-refractivity contribution is 6.04. The minimum atomic E-state index is 0.501. The van der Waals surface area contributed by atoms with Crippen LogP contribution in [0, 0.1) is 0 Å². The Hall–Kier alpha value is -2.66. The molecule has 5 heteroatoms. The smallest absolute Gasteiger partial charge is 0.154 e. The number of hydrogen-bond acceptors (Lipinski definition) is 5. The van der Waals surface area contributed by atoms with Crippen LogP contribution < -0.4 is 16.0 Å². The van der Waals surface area contributed by atoms with Gasteiger partial charge in [0, 0.05) is 42.6 Å². The molecule has 0 unspecified atom stereocenters. The number of rotatable bonds is 3. The predicted molar refractivity (Wildman–Crippen MR) is 104 cm³/mol. The van der Waals surface area contributed by atoms with Gasteiger partial charge in [-0.1, -0.05) is 37.3 Å². The van der Waals surface area contributed by atoms with Crippen molar-refractivity contribution in [2.75, 3.05) is 36.8 Å². The molecule has 0 saturated carbocycles. The Kier molecular flexibility index (Phi) is 4.24. The molecule has 2 heterocycles. The molecule has 1 saturated heterocycles. The zero-order chi connectivity index (χ0) is 17.2. The summed E-state index contributed by atoms with van der Waals surface area (Å²) in [5.41, 5.74) is 10.8. The Morgan fingerprint density at radius 3 is 2.56 bits per heavy atom. The molecular formula is C20H23N5. The maximum Gasteiger partial charge on any atom is 0.154 e. The SMILES string of the molecule is CCc1nnc(N)c2cc(N3CCNCC3)cc(-c3ccccc3)c12. The summed E-state index contributed by atoms with van der Waals surface area (Å²) in [6, 6.07) is 14.9. The molecule has 0 amide bonds. The quantitative estimate of drug-likeness (QED) is 0.771. The second kappa shape index (κ2) is 6.69. The second-order valence-electron chi connectivity index (χ2n) is 6.40. The van der Waals surface area contributed by atoms with Crippen molar-refractivity contribution in [3.63, 3.8) is 0 Å². The van der Waals surface area contributed by atoms with E-state index in [0.29, 0.717) is 5.82 Å². The molecule has 0 radical (unpaired) electrons. The first-order chi connectivity index (χ1) is 12.3. The van der Waals surface area contributed by atoms with Crippen LogP contribution in [0.5, 0.6) is 0 Å². The summed E-state index contributed by atoms with van der Waals surface area (Å²) in [5.74, 6) is 0.501. The average molecular weight is 333 g/mol. The van der Waals surface area contributed by atoms with Crippen molar-refractivity contribution in [3.05, 3.63) is 48.2 Å². The molecule has 1 aliphatic rings. The van der Waals surface area contributed by atoms with E-state index in [0.717, 1.165) is 49.1 Å². The zero-order valence-corrected chi connectivity index (χ0v) is 14.5. The van der Waals surface area contributed by atoms with Gasteiger partial charge in [0.2, 0.25) is 0 Å². The number of nitrogens with two attached hydrogens (primary N) is 1. The lowest BCUT2D eigenvalue weighted by Gasteiger charge is -2.30. The molecule has 0 bridgehead atoms. The Balaban J connectivity index is 1.99. The standard InChI is InChI=1S/C20H23N5/c1-2-18-19-16(14-6-4-3-5-7-14)12-15(25-10-8-22-9-11-25)13-17(19)20(21)24-23-18/h3-7,12-13,22H,2,8-11H2,1H3,(H2,21,24). The summed E-state index contributed by atoms with van der Waals surface area (Å²) in [5, 5.41) is 14.1. The maximum absolute atomic E-state index is 6.22. The van der Waals surface area contributed by atoms with Gasteiger partial charge in [0.05, 0.1) is 5.69 Å². The van der Waals surface area contributed by atoms with E-state index in [1.54, 1.807) is 0 Å². The third-order valence-electron chi connectivity index (χ3n) is 4.87. The third-order valence-corrected chi connectivity index (χ3v) is 4.87. The molecule has 2 aromatic carbocycles. The van der Waals surface area contributed by atoms with Crippen LogP contribution in [0.2, 0.25) is 0 Å². The fourth-order valence-electron chi connectivity index (χ4n) is 3.56. The summed E-state index contributed by atoms with van der Waals surface area (Å²) >= 11 is 0. The Morgan fingerprint density at radius 1 is 1.08 bits per heavy atom. The Bertz CT molecular complexity index is 885. The summed E-state index contributed by atoms with van der Waals surface area (Å²) in [6.45, 7) is 6.11. The van der Waals surface area contributed by atoms with E-state index in [9.17, 15) is 0 Å². The van der Waals surface area contributed by atoms with Crippen molar-refractivity contribution >= 4 is 22.3 Å². The van der Waals surface area contributed by atoms with Gasteiger partial charge in [-0.05, 0) is 29.7 Å². The average Bonchev–Trinajstić information content (AvgIpc) is 2.69. The first-order valence-electron chi connectivity index (χ1n) is 8.88. The van der Waals surface area contributed by atoms with E-state index in [-0.39, 0.29) is 0 Å². The first-order valence-corrected chi connectivity index (χ1v) is 8.88. The highest BCUT2D eigenvalue weighted by Gasteiger charge is 2.17. The highest BCUT2D eigenvalue weighted by Crippen LogP contribution is 2.36. The molecule has 128 valence electrons. The van der Waals surface area contributed by atoms with E-state index in [1.807, 2.05) is 6.07 Å². The van der Waals surface area contributed by atoms with Crippen molar-refractivity contribution in [3.8, 4) is 11.1 Å². The zero-order valence-electron chi connectivity index (χ0n) is 14.5. The normalized spacial score (nSPS) is 14.8. The van der Waals surface area contributed by atoms with Crippen molar-refractivity contribution in [2.24, 2.45) is 0 Å². The third kappa shape index (κ3) is 2.91. The van der Waals surface area contributed by atoms with Crippen LogP contribution in [0.3, 0.4) is 0 Å².